The van der Waals surface area contributed by atoms with Crippen LogP contribution in [-0.4, -0.2) is 42.4 Å². The topological polar surface area (TPSA) is 32.7 Å². The highest BCUT2D eigenvalue weighted by Crippen LogP contribution is 2.18. The van der Waals surface area contributed by atoms with Gasteiger partial charge >= 0.3 is 0 Å². The molecule has 114 valence electrons. The molecule has 0 saturated carbocycles. The quantitative estimate of drug-likeness (QED) is 0.907. The normalized spacial score (nSPS) is 21.1. The van der Waals surface area contributed by atoms with Gasteiger partial charge in [0, 0.05) is 13.1 Å². The number of benzene rings is 1. The number of aryl methyl sites for hydroxylation is 1. The van der Waals surface area contributed by atoms with Crippen LogP contribution in [-0.2, 0) is 0 Å². The standard InChI is InChI=1S/C16H25NO2.ClH/c1-13-6-5-9-17(10-13)11-15(18)12-19-16-8-4-3-7-14(16)2;/h3-4,7-8,13,15,18H,5-6,9-12H2,1-2H3;1H. The van der Waals surface area contributed by atoms with E-state index < -0.39 is 6.10 Å². The van der Waals surface area contributed by atoms with E-state index in [1.807, 2.05) is 31.2 Å². The number of nitrogens with zero attached hydrogens (tertiary/aromatic N) is 1. The van der Waals surface area contributed by atoms with E-state index in [1.54, 1.807) is 0 Å². The number of β-amino-alcohol motifs (C(OH)–C–C–N with tert-alkyl or cyclic N) is 1. The molecule has 0 spiro atoms. The molecule has 0 amide bonds. The van der Waals surface area contributed by atoms with Crippen LogP contribution in [0.25, 0.3) is 0 Å². The van der Waals surface area contributed by atoms with Crippen molar-refractivity contribution in [1.82, 2.24) is 4.90 Å². The van der Waals surface area contributed by atoms with E-state index in [9.17, 15) is 5.11 Å². The fraction of sp³-hybridized carbons (Fsp3) is 0.625. The molecule has 4 heteroatoms. The lowest BCUT2D eigenvalue weighted by atomic mass is 10.0. The van der Waals surface area contributed by atoms with Crippen molar-refractivity contribution >= 4 is 12.4 Å². The highest BCUT2D eigenvalue weighted by atomic mass is 35.5. The average Bonchev–Trinajstić information content (AvgIpc) is 2.38. The molecule has 2 atom stereocenters. The van der Waals surface area contributed by atoms with Gasteiger partial charge in [-0.25, -0.2) is 0 Å². The molecule has 2 unspecified atom stereocenters. The minimum absolute atomic E-state index is 0. The molecule has 1 saturated heterocycles. The molecule has 3 nitrogen and oxygen atoms in total. The number of aliphatic hydroxyl groups excluding tert-OH is 1. The first kappa shape index (κ1) is 17.3. The molecule has 0 aromatic heterocycles. The Kier molecular flexibility index (Phi) is 7.35. The Morgan fingerprint density at radius 1 is 1.40 bits per heavy atom. The summed E-state index contributed by atoms with van der Waals surface area (Å²) in [4.78, 5) is 2.35. The molecule has 1 fully saturated rings. The van der Waals surface area contributed by atoms with Crippen LogP contribution in [0.15, 0.2) is 24.3 Å². The lowest BCUT2D eigenvalue weighted by Gasteiger charge is -2.32. The molecule has 0 bridgehead atoms. The Labute approximate surface area is 128 Å². The van der Waals surface area contributed by atoms with Crippen LogP contribution < -0.4 is 4.74 Å². The lowest BCUT2D eigenvalue weighted by molar-refractivity contribution is 0.0535. The number of piperidine rings is 1. The number of aliphatic hydroxyl groups is 1. The van der Waals surface area contributed by atoms with E-state index in [0.29, 0.717) is 6.61 Å². The van der Waals surface area contributed by atoms with Crippen molar-refractivity contribution in [3.05, 3.63) is 29.8 Å². The van der Waals surface area contributed by atoms with Gasteiger partial charge in [0.15, 0.2) is 0 Å². The zero-order valence-electron chi connectivity index (χ0n) is 12.4. The second-order valence-electron chi connectivity index (χ2n) is 5.74. The molecular formula is C16H26ClNO2. The van der Waals surface area contributed by atoms with Gasteiger partial charge in [-0.2, -0.15) is 0 Å². The molecule has 20 heavy (non-hydrogen) atoms. The van der Waals surface area contributed by atoms with Crippen LogP contribution in [0.1, 0.15) is 25.3 Å². The van der Waals surface area contributed by atoms with E-state index in [4.69, 9.17) is 4.74 Å². The first-order chi connectivity index (χ1) is 9.15. The summed E-state index contributed by atoms with van der Waals surface area (Å²) in [5, 5.41) is 10.1. The van der Waals surface area contributed by atoms with Crippen molar-refractivity contribution in [2.24, 2.45) is 5.92 Å². The minimum atomic E-state index is -0.412. The van der Waals surface area contributed by atoms with Crippen LogP contribution in [0.3, 0.4) is 0 Å². The fourth-order valence-electron chi connectivity index (χ4n) is 2.71. The van der Waals surface area contributed by atoms with Gasteiger partial charge < -0.3 is 14.7 Å². The number of ether oxygens (including phenoxy) is 1. The number of para-hydroxylation sites is 1. The van der Waals surface area contributed by atoms with Crippen LogP contribution in [0.2, 0.25) is 0 Å². The molecule has 1 aliphatic heterocycles. The molecule has 1 N–H and O–H groups in total. The molecule has 1 aromatic carbocycles. The number of hydrogen-bond donors (Lipinski definition) is 1. The summed E-state index contributed by atoms with van der Waals surface area (Å²) < 4.78 is 5.69. The van der Waals surface area contributed by atoms with Gasteiger partial charge in [0.2, 0.25) is 0 Å². The predicted octanol–water partition coefficient (Wildman–Crippen LogP) is 2.89. The van der Waals surface area contributed by atoms with Crippen molar-refractivity contribution in [2.45, 2.75) is 32.8 Å². The average molecular weight is 300 g/mol. The SMILES string of the molecule is Cc1ccccc1OCC(O)CN1CCCC(C)C1.Cl. The number of halogens is 1. The fourth-order valence-corrected chi connectivity index (χ4v) is 2.71. The second kappa shape index (κ2) is 8.50. The minimum Gasteiger partial charge on any atom is -0.491 e. The van der Waals surface area contributed by atoms with E-state index in [2.05, 4.69) is 11.8 Å². The van der Waals surface area contributed by atoms with Crippen LogP contribution in [0, 0.1) is 12.8 Å². The van der Waals surface area contributed by atoms with Crippen LogP contribution in [0.4, 0.5) is 0 Å². The molecule has 1 heterocycles. The van der Waals surface area contributed by atoms with Gasteiger partial charge in [-0.05, 0) is 43.9 Å². The van der Waals surface area contributed by atoms with Crippen LogP contribution >= 0.6 is 12.4 Å². The van der Waals surface area contributed by atoms with Gasteiger partial charge in [-0.3, -0.25) is 0 Å². The Balaban J connectivity index is 0.00000200. The first-order valence-electron chi connectivity index (χ1n) is 7.24. The maximum absolute atomic E-state index is 10.1. The predicted molar refractivity (Wildman–Crippen MR) is 84.8 cm³/mol. The second-order valence-corrected chi connectivity index (χ2v) is 5.74. The first-order valence-corrected chi connectivity index (χ1v) is 7.24. The number of likely N-dealkylation sites (tertiary alicyclic amines) is 1. The summed E-state index contributed by atoms with van der Waals surface area (Å²) in [7, 11) is 0. The molecule has 2 rings (SSSR count). The third-order valence-corrected chi connectivity index (χ3v) is 3.73. The molecule has 1 aliphatic rings. The van der Waals surface area contributed by atoms with Gasteiger partial charge in [-0.15, -0.1) is 12.4 Å². The van der Waals surface area contributed by atoms with Crippen molar-refractivity contribution in [3.63, 3.8) is 0 Å². The van der Waals surface area contributed by atoms with E-state index in [1.165, 1.54) is 12.8 Å². The van der Waals surface area contributed by atoms with E-state index >= 15 is 0 Å². The van der Waals surface area contributed by atoms with Crippen molar-refractivity contribution in [3.8, 4) is 5.75 Å². The largest absolute Gasteiger partial charge is 0.491 e. The van der Waals surface area contributed by atoms with Crippen molar-refractivity contribution in [1.29, 1.82) is 0 Å². The molecule has 1 aromatic rings. The van der Waals surface area contributed by atoms with Crippen LogP contribution in [0.5, 0.6) is 5.75 Å². The zero-order chi connectivity index (χ0) is 13.7. The molecular weight excluding hydrogens is 274 g/mol. The maximum atomic E-state index is 10.1. The summed E-state index contributed by atoms with van der Waals surface area (Å²) in [6.07, 6.45) is 2.14. The Bertz CT molecular complexity index is 400. The zero-order valence-corrected chi connectivity index (χ0v) is 13.2. The third-order valence-electron chi connectivity index (χ3n) is 3.73. The Morgan fingerprint density at radius 3 is 2.85 bits per heavy atom. The summed E-state index contributed by atoms with van der Waals surface area (Å²) in [5.41, 5.74) is 1.11. The summed E-state index contributed by atoms with van der Waals surface area (Å²) >= 11 is 0. The Hall–Kier alpha value is -0.770. The van der Waals surface area contributed by atoms with E-state index in [0.717, 1.165) is 36.9 Å². The highest BCUT2D eigenvalue weighted by Gasteiger charge is 2.19. The summed E-state index contributed by atoms with van der Waals surface area (Å²) in [6, 6.07) is 7.92. The summed E-state index contributed by atoms with van der Waals surface area (Å²) in [6.45, 7) is 7.59. The lowest BCUT2D eigenvalue weighted by Crippen LogP contribution is -2.41. The van der Waals surface area contributed by atoms with Crippen molar-refractivity contribution in [2.75, 3.05) is 26.2 Å². The number of hydrogen-bond acceptors (Lipinski definition) is 3. The van der Waals surface area contributed by atoms with Gasteiger partial charge in [0.1, 0.15) is 18.5 Å². The maximum Gasteiger partial charge on any atom is 0.122 e. The molecule has 0 radical (unpaired) electrons. The third kappa shape index (κ3) is 5.31. The monoisotopic (exact) mass is 299 g/mol. The van der Waals surface area contributed by atoms with E-state index in [-0.39, 0.29) is 12.4 Å². The smallest absolute Gasteiger partial charge is 0.122 e. The number of rotatable bonds is 5. The molecule has 0 aliphatic carbocycles. The highest BCUT2D eigenvalue weighted by molar-refractivity contribution is 5.85. The van der Waals surface area contributed by atoms with Crippen molar-refractivity contribution < 1.29 is 9.84 Å². The van der Waals surface area contributed by atoms with Gasteiger partial charge in [0.05, 0.1) is 0 Å². The van der Waals surface area contributed by atoms with Gasteiger partial charge in [-0.1, -0.05) is 25.1 Å². The van der Waals surface area contributed by atoms with Gasteiger partial charge in [0.25, 0.3) is 0 Å². The summed E-state index contributed by atoms with van der Waals surface area (Å²) in [5.74, 6) is 1.62. The Morgan fingerprint density at radius 2 is 2.15 bits per heavy atom.